The van der Waals surface area contributed by atoms with Crippen LogP contribution in [-0.4, -0.2) is 20.5 Å². The van der Waals surface area contributed by atoms with E-state index in [0.717, 1.165) is 11.4 Å². The highest BCUT2D eigenvalue weighted by atomic mass is 35.5. The van der Waals surface area contributed by atoms with E-state index in [2.05, 4.69) is 36.3 Å². The highest BCUT2D eigenvalue weighted by Crippen LogP contribution is 2.12. The Kier molecular flexibility index (Phi) is 3.68. The van der Waals surface area contributed by atoms with Gasteiger partial charge in [0.2, 0.25) is 0 Å². The number of hydrogen-bond donors (Lipinski definition) is 1. The lowest BCUT2D eigenvalue weighted by atomic mass is 10.1. The predicted molar refractivity (Wildman–Crippen MR) is 73.0 cm³/mol. The van der Waals surface area contributed by atoms with Crippen molar-refractivity contribution >= 4 is 11.6 Å². The summed E-state index contributed by atoms with van der Waals surface area (Å²) in [6, 6.07) is 7.44. The molecule has 0 unspecified atom stereocenters. The number of rotatable bonds is 3. The number of hydrogen-bond acceptors (Lipinski definition) is 3. The van der Waals surface area contributed by atoms with Crippen molar-refractivity contribution in [2.24, 2.45) is 0 Å². The molecule has 0 fully saturated rings. The molecule has 96 valence electrons. The molecule has 2 rings (SSSR count). The van der Waals surface area contributed by atoms with Crippen LogP contribution in [0.25, 0.3) is 5.69 Å². The maximum absolute atomic E-state index is 5.84. The SMILES string of the molecule is CC(C)(C)NCc1cnn(-c2ccc(Cl)cc2)n1. The summed E-state index contributed by atoms with van der Waals surface area (Å²) >= 11 is 5.84. The zero-order chi connectivity index (χ0) is 13.2. The van der Waals surface area contributed by atoms with E-state index in [-0.39, 0.29) is 5.54 Å². The summed E-state index contributed by atoms with van der Waals surface area (Å²) < 4.78 is 0. The standard InChI is InChI=1S/C13H17ClN4/c1-13(2,3)15-8-11-9-16-18(17-11)12-6-4-10(14)5-7-12/h4-7,9,15H,8H2,1-3H3. The van der Waals surface area contributed by atoms with Crippen molar-refractivity contribution in [3.05, 3.63) is 41.2 Å². The Morgan fingerprint density at radius 2 is 1.89 bits per heavy atom. The molecule has 0 aliphatic rings. The molecule has 5 heteroatoms. The van der Waals surface area contributed by atoms with Crippen LogP contribution in [0.4, 0.5) is 0 Å². The molecule has 1 heterocycles. The number of aromatic nitrogens is 3. The average molecular weight is 265 g/mol. The van der Waals surface area contributed by atoms with Crippen molar-refractivity contribution in [2.75, 3.05) is 0 Å². The molecule has 0 aliphatic carbocycles. The summed E-state index contributed by atoms with van der Waals surface area (Å²) in [5.41, 5.74) is 1.89. The molecule has 0 aliphatic heterocycles. The Balaban J connectivity index is 2.08. The molecule has 1 aromatic heterocycles. The van der Waals surface area contributed by atoms with Gasteiger partial charge in [-0.05, 0) is 45.0 Å². The summed E-state index contributed by atoms with van der Waals surface area (Å²) in [6.45, 7) is 7.07. The first-order valence-corrected chi connectivity index (χ1v) is 6.24. The van der Waals surface area contributed by atoms with Gasteiger partial charge in [-0.2, -0.15) is 15.0 Å². The van der Waals surface area contributed by atoms with Gasteiger partial charge in [-0.1, -0.05) is 11.6 Å². The normalized spacial score (nSPS) is 11.8. The number of nitrogens with one attached hydrogen (secondary N) is 1. The van der Waals surface area contributed by atoms with Gasteiger partial charge in [0.15, 0.2) is 0 Å². The molecule has 4 nitrogen and oxygen atoms in total. The van der Waals surface area contributed by atoms with Gasteiger partial charge in [-0.15, -0.1) is 0 Å². The second kappa shape index (κ2) is 5.08. The lowest BCUT2D eigenvalue weighted by Crippen LogP contribution is -2.35. The van der Waals surface area contributed by atoms with E-state index >= 15 is 0 Å². The highest BCUT2D eigenvalue weighted by Gasteiger charge is 2.10. The van der Waals surface area contributed by atoms with E-state index in [1.54, 1.807) is 11.0 Å². The van der Waals surface area contributed by atoms with Crippen LogP contribution in [0.5, 0.6) is 0 Å². The summed E-state index contributed by atoms with van der Waals surface area (Å²) in [5, 5.41) is 12.7. The minimum Gasteiger partial charge on any atom is -0.306 e. The fourth-order valence-corrected chi connectivity index (χ4v) is 1.56. The van der Waals surface area contributed by atoms with E-state index in [1.807, 2.05) is 24.3 Å². The third-order valence-corrected chi connectivity index (χ3v) is 2.65. The van der Waals surface area contributed by atoms with Gasteiger partial charge in [-0.3, -0.25) is 0 Å². The minimum atomic E-state index is 0.0735. The van der Waals surface area contributed by atoms with Gasteiger partial charge in [-0.25, -0.2) is 0 Å². The predicted octanol–water partition coefficient (Wildman–Crippen LogP) is 2.81. The maximum atomic E-state index is 5.84. The molecule has 0 saturated heterocycles. The largest absolute Gasteiger partial charge is 0.306 e. The van der Waals surface area contributed by atoms with Crippen LogP contribution in [0, 0.1) is 0 Å². The molecule has 0 saturated carbocycles. The average Bonchev–Trinajstić information content (AvgIpc) is 2.75. The zero-order valence-corrected chi connectivity index (χ0v) is 11.6. The number of benzene rings is 1. The smallest absolute Gasteiger partial charge is 0.0969 e. The molecule has 18 heavy (non-hydrogen) atoms. The molecule has 1 aromatic carbocycles. The number of nitrogens with zero attached hydrogens (tertiary/aromatic N) is 3. The summed E-state index contributed by atoms with van der Waals surface area (Å²) in [6.07, 6.45) is 1.77. The van der Waals surface area contributed by atoms with Crippen LogP contribution >= 0.6 is 11.6 Å². The van der Waals surface area contributed by atoms with Crippen LogP contribution in [-0.2, 0) is 6.54 Å². The number of halogens is 1. The molecule has 0 radical (unpaired) electrons. The topological polar surface area (TPSA) is 42.7 Å². The monoisotopic (exact) mass is 264 g/mol. The van der Waals surface area contributed by atoms with Gasteiger partial charge in [0.1, 0.15) is 0 Å². The molecule has 1 N–H and O–H groups in total. The summed E-state index contributed by atoms with van der Waals surface area (Å²) in [5.74, 6) is 0. The Morgan fingerprint density at radius 3 is 2.50 bits per heavy atom. The van der Waals surface area contributed by atoms with Crippen LogP contribution in [0.3, 0.4) is 0 Å². The van der Waals surface area contributed by atoms with E-state index in [1.165, 1.54) is 0 Å². The van der Waals surface area contributed by atoms with Crippen molar-refractivity contribution in [3.63, 3.8) is 0 Å². The molecule has 0 atom stereocenters. The maximum Gasteiger partial charge on any atom is 0.0969 e. The quantitative estimate of drug-likeness (QED) is 0.927. The van der Waals surface area contributed by atoms with Crippen LogP contribution in [0.1, 0.15) is 26.5 Å². The van der Waals surface area contributed by atoms with Crippen molar-refractivity contribution in [1.29, 1.82) is 0 Å². The molecular weight excluding hydrogens is 248 g/mol. The zero-order valence-electron chi connectivity index (χ0n) is 10.8. The first kappa shape index (κ1) is 13.1. The van der Waals surface area contributed by atoms with Gasteiger partial charge in [0.05, 0.1) is 17.6 Å². The second-order valence-corrected chi connectivity index (χ2v) is 5.64. The van der Waals surface area contributed by atoms with E-state index in [4.69, 9.17) is 11.6 Å². The van der Waals surface area contributed by atoms with Crippen LogP contribution in [0.2, 0.25) is 5.02 Å². The lowest BCUT2D eigenvalue weighted by Gasteiger charge is -2.19. The molecule has 2 aromatic rings. The first-order chi connectivity index (χ1) is 8.44. The van der Waals surface area contributed by atoms with Gasteiger partial charge >= 0.3 is 0 Å². The van der Waals surface area contributed by atoms with Crippen LogP contribution in [0.15, 0.2) is 30.5 Å². The Bertz CT molecular complexity index is 511. The van der Waals surface area contributed by atoms with Gasteiger partial charge in [0, 0.05) is 17.1 Å². The Labute approximate surface area is 112 Å². The Morgan fingerprint density at radius 1 is 1.22 bits per heavy atom. The van der Waals surface area contributed by atoms with E-state index in [9.17, 15) is 0 Å². The first-order valence-electron chi connectivity index (χ1n) is 5.86. The Hall–Kier alpha value is -1.39. The van der Waals surface area contributed by atoms with Crippen molar-refractivity contribution in [1.82, 2.24) is 20.3 Å². The van der Waals surface area contributed by atoms with Gasteiger partial charge < -0.3 is 5.32 Å². The second-order valence-electron chi connectivity index (χ2n) is 5.21. The molecule has 0 amide bonds. The minimum absolute atomic E-state index is 0.0735. The van der Waals surface area contributed by atoms with E-state index in [0.29, 0.717) is 11.6 Å². The fourth-order valence-electron chi connectivity index (χ4n) is 1.43. The highest BCUT2D eigenvalue weighted by molar-refractivity contribution is 6.30. The van der Waals surface area contributed by atoms with Crippen molar-refractivity contribution < 1.29 is 0 Å². The fraction of sp³-hybridized carbons (Fsp3) is 0.385. The molecule has 0 bridgehead atoms. The lowest BCUT2D eigenvalue weighted by molar-refractivity contribution is 0.420. The third kappa shape index (κ3) is 3.55. The third-order valence-electron chi connectivity index (χ3n) is 2.40. The molecule has 0 spiro atoms. The van der Waals surface area contributed by atoms with Crippen molar-refractivity contribution in [3.8, 4) is 5.69 Å². The molecular formula is C13H17ClN4. The van der Waals surface area contributed by atoms with Crippen LogP contribution < -0.4 is 5.32 Å². The summed E-state index contributed by atoms with van der Waals surface area (Å²) in [4.78, 5) is 1.61. The van der Waals surface area contributed by atoms with E-state index < -0.39 is 0 Å². The summed E-state index contributed by atoms with van der Waals surface area (Å²) in [7, 11) is 0. The van der Waals surface area contributed by atoms with Crippen molar-refractivity contribution in [2.45, 2.75) is 32.9 Å². The van der Waals surface area contributed by atoms with Gasteiger partial charge in [0.25, 0.3) is 0 Å².